The zero-order chi connectivity index (χ0) is 10.5. The van der Waals surface area contributed by atoms with Crippen LogP contribution in [0.5, 0.6) is 0 Å². The Bertz CT molecular complexity index is 180. The van der Waals surface area contributed by atoms with Crippen LogP contribution in [0.15, 0.2) is 0 Å². The van der Waals surface area contributed by atoms with Crippen LogP contribution in [0.1, 0.15) is 38.5 Å². The average Bonchev–Trinajstić information content (AvgIpc) is 2.80. The molecule has 0 amide bonds. The Morgan fingerprint density at radius 1 is 1.20 bits per heavy atom. The molecule has 1 N–H and O–H groups in total. The third-order valence-corrected chi connectivity index (χ3v) is 3.81. The van der Waals surface area contributed by atoms with E-state index in [-0.39, 0.29) is 6.67 Å². The van der Waals surface area contributed by atoms with Gasteiger partial charge in [-0.25, -0.2) is 0 Å². The molecule has 3 heteroatoms. The summed E-state index contributed by atoms with van der Waals surface area (Å²) in [5.41, 5.74) is 0. The summed E-state index contributed by atoms with van der Waals surface area (Å²) in [6, 6.07) is 1.37. The second-order valence-electron chi connectivity index (χ2n) is 4.84. The highest BCUT2D eigenvalue weighted by atomic mass is 19.1. The molecular formula is C12H23FN2. The molecule has 2 atom stereocenters. The van der Waals surface area contributed by atoms with Gasteiger partial charge in [0.05, 0.1) is 6.67 Å². The number of nitrogens with zero attached hydrogens (tertiary/aromatic N) is 1. The first-order valence-electron chi connectivity index (χ1n) is 6.45. The van der Waals surface area contributed by atoms with Crippen molar-refractivity contribution in [3.8, 4) is 0 Å². The average molecular weight is 214 g/mol. The van der Waals surface area contributed by atoms with E-state index in [0.29, 0.717) is 18.5 Å². The standard InChI is InChI=1S/C12H23FN2/c13-7-4-10-15-9-2-1-6-12(15)11-5-3-8-14-11/h11-12,14H,1-10H2. The van der Waals surface area contributed by atoms with Crippen molar-refractivity contribution in [2.75, 3.05) is 26.3 Å². The van der Waals surface area contributed by atoms with Crippen LogP contribution in [0.4, 0.5) is 4.39 Å². The molecule has 0 bridgehead atoms. The first kappa shape index (κ1) is 11.3. The van der Waals surface area contributed by atoms with Crippen LogP contribution in [-0.2, 0) is 0 Å². The maximum atomic E-state index is 12.2. The zero-order valence-electron chi connectivity index (χ0n) is 9.55. The van der Waals surface area contributed by atoms with Crippen molar-refractivity contribution in [3.05, 3.63) is 0 Å². The first-order valence-corrected chi connectivity index (χ1v) is 6.45. The highest BCUT2D eigenvalue weighted by Crippen LogP contribution is 2.24. The van der Waals surface area contributed by atoms with E-state index in [9.17, 15) is 4.39 Å². The van der Waals surface area contributed by atoms with Crippen molar-refractivity contribution in [1.29, 1.82) is 0 Å². The third-order valence-electron chi connectivity index (χ3n) is 3.81. The molecule has 2 nitrogen and oxygen atoms in total. The topological polar surface area (TPSA) is 15.3 Å². The Balaban J connectivity index is 1.86. The summed E-state index contributed by atoms with van der Waals surface area (Å²) in [4.78, 5) is 2.52. The summed E-state index contributed by atoms with van der Waals surface area (Å²) in [6.45, 7) is 3.15. The summed E-state index contributed by atoms with van der Waals surface area (Å²) in [7, 11) is 0. The molecule has 0 aromatic carbocycles. The van der Waals surface area contributed by atoms with Crippen LogP contribution in [0.2, 0.25) is 0 Å². The third kappa shape index (κ3) is 2.91. The molecule has 2 heterocycles. The molecule has 0 spiro atoms. The lowest BCUT2D eigenvalue weighted by Crippen LogP contribution is -2.50. The van der Waals surface area contributed by atoms with Gasteiger partial charge in [-0.1, -0.05) is 6.42 Å². The van der Waals surface area contributed by atoms with Crippen LogP contribution < -0.4 is 5.32 Å². The maximum absolute atomic E-state index is 12.2. The van der Waals surface area contributed by atoms with E-state index < -0.39 is 0 Å². The molecule has 0 aliphatic carbocycles. The van der Waals surface area contributed by atoms with E-state index >= 15 is 0 Å². The number of rotatable bonds is 4. The SMILES string of the molecule is FCCCN1CCCCC1C1CCCN1. The first-order chi connectivity index (χ1) is 7.42. The van der Waals surface area contributed by atoms with E-state index in [1.165, 1.54) is 45.2 Å². The summed E-state index contributed by atoms with van der Waals surface area (Å²) in [5, 5.41) is 3.60. The largest absolute Gasteiger partial charge is 0.312 e. The zero-order valence-corrected chi connectivity index (χ0v) is 9.55. The minimum Gasteiger partial charge on any atom is -0.312 e. The second kappa shape index (κ2) is 5.80. The highest BCUT2D eigenvalue weighted by Gasteiger charge is 2.30. The Labute approximate surface area is 92.2 Å². The number of halogens is 1. The van der Waals surface area contributed by atoms with Gasteiger partial charge < -0.3 is 5.32 Å². The predicted molar refractivity (Wildman–Crippen MR) is 60.8 cm³/mol. The maximum Gasteiger partial charge on any atom is 0.0906 e. The number of likely N-dealkylation sites (tertiary alicyclic amines) is 1. The molecule has 2 unspecified atom stereocenters. The van der Waals surface area contributed by atoms with Gasteiger partial charge in [-0.05, 0) is 45.2 Å². The van der Waals surface area contributed by atoms with Gasteiger partial charge in [0.1, 0.15) is 0 Å². The van der Waals surface area contributed by atoms with Crippen LogP contribution in [-0.4, -0.2) is 43.3 Å². The number of alkyl halides is 1. The number of piperidine rings is 1. The fourth-order valence-electron chi connectivity index (χ4n) is 3.05. The normalized spacial score (nSPS) is 33.4. The van der Waals surface area contributed by atoms with Gasteiger partial charge in [-0.3, -0.25) is 9.29 Å². The number of hydrogen-bond acceptors (Lipinski definition) is 2. The predicted octanol–water partition coefficient (Wildman–Crippen LogP) is 1.95. The van der Waals surface area contributed by atoms with Gasteiger partial charge in [0.25, 0.3) is 0 Å². The fraction of sp³-hybridized carbons (Fsp3) is 1.00. The van der Waals surface area contributed by atoms with Gasteiger partial charge in [-0.15, -0.1) is 0 Å². The minimum atomic E-state index is -0.165. The molecule has 15 heavy (non-hydrogen) atoms. The minimum absolute atomic E-state index is 0.165. The molecule has 0 saturated carbocycles. The molecule has 2 aliphatic rings. The lowest BCUT2D eigenvalue weighted by molar-refractivity contribution is 0.116. The van der Waals surface area contributed by atoms with E-state index in [4.69, 9.17) is 0 Å². The van der Waals surface area contributed by atoms with Crippen molar-refractivity contribution in [3.63, 3.8) is 0 Å². The van der Waals surface area contributed by atoms with Crippen molar-refractivity contribution in [2.45, 2.75) is 50.6 Å². The van der Waals surface area contributed by atoms with Crippen LogP contribution >= 0.6 is 0 Å². The molecule has 0 aromatic heterocycles. The molecular weight excluding hydrogens is 191 g/mol. The van der Waals surface area contributed by atoms with Crippen LogP contribution in [0.3, 0.4) is 0 Å². The van der Waals surface area contributed by atoms with E-state index in [0.717, 1.165) is 6.54 Å². The van der Waals surface area contributed by atoms with Gasteiger partial charge in [0, 0.05) is 18.6 Å². The lowest BCUT2D eigenvalue weighted by atomic mass is 9.94. The highest BCUT2D eigenvalue weighted by molar-refractivity contribution is 4.90. The number of nitrogens with one attached hydrogen (secondary N) is 1. The molecule has 0 radical (unpaired) electrons. The Morgan fingerprint density at radius 3 is 2.87 bits per heavy atom. The van der Waals surface area contributed by atoms with Crippen molar-refractivity contribution >= 4 is 0 Å². The molecule has 2 aliphatic heterocycles. The lowest BCUT2D eigenvalue weighted by Gasteiger charge is -2.39. The van der Waals surface area contributed by atoms with Crippen molar-refractivity contribution in [2.24, 2.45) is 0 Å². The Hall–Kier alpha value is -0.150. The fourth-order valence-corrected chi connectivity index (χ4v) is 3.05. The van der Waals surface area contributed by atoms with Gasteiger partial charge in [-0.2, -0.15) is 0 Å². The van der Waals surface area contributed by atoms with E-state index in [1.807, 2.05) is 0 Å². The quantitative estimate of drug-likeness (QED) is 0.769. The summed E-state index contributed by atoms with van der Waals surface area (Å²) < 4.78 is 12.2. The van der Waals surface area contributed by atoms with Gasteiger partial charge >= 0.3 is 0 Å². The van der Waals surface area contributed by atoms with Gasteiger partial charge in [0.15, 0.2) is 0 Å². The van der Waals surface area contributed by atoms with E-state index in [1.54, 1.807) is 0 Å². The number of hydrogen-bond donors (Lipinski definition) is 1. The molecule has 2 rings (SSSR count). The smallest absolute Gasteiger partial charge is 0.0906 e. The van der Waals surface area contributed by atoms with Crippen LogP contribution in [0.25, 0.3) is 0 Å². The summed E-state index contributed by atoms with van der Waals surface area (Å²) in [6.07, 6.45) is 7.31. The molecule has 2 saturated heterocycles. The Morgan fingerprint density at radius 2 is 2.13 bits per heavy atom. The second-order valence-corrected chi connectivity index (χ2v) is 4.84. The van der Waals surface area contributed by atoms with Gasteiger partial charge in [0.2, 0.25) is 0 Å². The Kier molecular flexibility index (Phi) is 4.39. The van der Waals surface area contributed by atoms with Crippen LogP contribution in [0, 0.1) is 0 Å². The molecule has 0 aromatic rings. The summed E-state index contributed by atoms with van der Waals surface area (Å²) in [5.74, 6) is 0. The molecule has 88 valence electrons. The summed E-state index contributed by atoms with van der Waals surface area (Å²) >= 11 is 0. The van der Waals surface area contributed by atoms with Crippen molar-refractivity contribution in [1.82, 2.24) is 10.2 Å². The molecule has 2 fully saturated rings. The van der Waals surface area contributed by atoms with Crippen molar-refractivity contribution < 1.29 is 4.39 Å². The van der Waals surface area contributed by atoms with E-state index in [2.05, 4.69) is 10.2 Å². The monoisotopic (exact) mass is 214 g/mol.